The molecule has 2 N–H and O–H groups in total. The van der Waals surface area contributed by atoms with E-state index >= 15 is 0 Å². The third-order valence-corrected chi connectivity index (χ3v) is 3.92. The average molecular weight is 336 g/mol. The molecule has 0 spiro atoms. The smallest absolute Gasteiger partial charge is 0.334 e. The number of carboxylic acids is 1. The molecule has 1 aliphatic heterocycles. The molecule has 0 bridgehead atoms. The van der Waals surface area contributed by atoms with E-state index in [1.165, 1.54) is 4.90 Å². The third-order valence-electron chi connectivity index (χ3n) is 3.59. The lowest BCUT2D eigenvalue weighted by molar-refractivity contribution is -0.154. The first-order valence-electron chi connectivity index (χ1n) is 7.00. The average Bonchev–Trinajstić information content (AvgIpc) is 3.04. The van der Waals surface area contributed by atoms with Gasteiger partial charge in [-0.15, -0.1) is 0 Å². The summed E-state index contributed by atoms with van der Waals surface area (Å²) >= 11 is 6.12. The number of halogens is 1. The molecule has 8 heteroatoms. The Bertz CT molecular complexity index is 746. The summed E-state index contributed by atoms with van der Waals surface area (Å²) in [7, 11) is 0. The minimum Gasteiger partial charge on any atom is -0.479 e. The maximum absolute atomic E-state index is 12.5. The fraction of sp³-hybridized carbons (Fsp3) is 0.267. The van der Waals surface area contributed by atoms with Gasteiger partial charge in [-0.1, -0.05) is 29.8 Å². The van der Waals surface area contributed by atoms with Gasteiger partial charge in [-0.3, -0.25) is 9.89 Å². The van der Waals surface area contributed by atoms with Crippen LogP contribution < -0.4 is 0 Å². The molecule has 0 radical (unpaired) electrons. The zero-order chi connectivity index (χ0) is 16.4. The zero-order valence-electron chi connectivity index (χ0n) is 12.0. The fourth-order valence-electron chi connectivity index (χ4n) is 2.39. The Morgan fingerprint density at radius 1 is 1.39 bits per heavy atom. The predicted molar refractivity (Wildman–Crippen MR) is 82.3 cm³/mol. The van der Waals surface area contributed by atoms with Crippen molar-refractivity contribution in [1.29, 1.82) is 0 Å². The summed E-state index contributed by atoms with van der Waals surface area (Å²) in [5.74, 6) is -1.39. The van der Waals surface area contributed by atoms with Gasteiger partial charge in [0.2, 0.25) is 0 Å². The molecule has 2 heterocycles. The fourth-order valence-corrected chi connectivity index (χ4v) is 2.62. The van der Waals surface area contributed by atoms with Gasteiger partial charge in [-0.05, 0) is 12.1 Å². The van der Waals surface area contributed by atoms with Crippen LogP contribution >= 0.6 is 11.6 Å². The number of aliphatic carboxylic acids is 1. The number of nitrogens with zero attached hydrogens (tertiary/aromatic N) is 2. The van der Waals surface area contributed by atoms with Gasteiger partial charge >= 0.3 is 5.97 Å². The van der Waals surface area contributed by atoms with Crippen molar-refractivity contribution in [3.05, 3.63) is 41.0 Å². The van der Waals surface area contributed by atoms with Crippen LogP contribution in [0.2, 0.25) is 5.02 Å². The summed E-state index contributed by atoms with van der Waals surface area (Å²) in [6, 6.07) is 8.80. The molecule has 7 nitrogen and oxygen atoms in total. The van der Waals surface area contributed by atoms with Crippen molar-refractivity contribution in [3.8, 4) is 11.3 Å². The highest BCUT2D eigenvalue weighted by Crippen LogP contribution is 2.26. The number of H-pyrrole nitrogens is 1. The number of aromatic amines is 1. The highest BCUT2D eigenvalue weighted by Gasteiger charge is 2.30. The summed E-state index contributed by atoms with van der Waals surface area (Å²) in [6.07, 6.45) is -1.00. The van der Waals surface area contributed by atoms with Gasteiger partial charge in [0.1, 0.15) is 5.69 Å². The lowest BCUT2D eigenvalue weighted by Crippen LogP contribution is -2.48. The Kier molecular flexibility index (Phi) is 4.31. The number of benzene rings is 1. The van der Waals surface area contributed by atoms with E-state index in [1.807, 2.05) is 18.2 Å². The summed E-state index contributed by atoms with van der Waals surface area (Å²) in [6.45, 7) is 0.534. The van der Waals surface area contributed by atoms with Crippen LogP contribution in [-0.4, -0.2) is 57.9 Å². The molecule has 0 unspecified atom stereocenters. The molecular formula is C15H14ClN3O4. The number of carbonyl (C=O) groups excluding carboxylic acids is 1. The van der Waals surface area contributed by atoms with Crippen molar-refractivity contribution in [1.82, 2.24) is 15.1 Å². The van der Waals surface area contributed by atoms with Gasteiger partial charge in [-0.2, -0.15) is 5.10 Å². The maximum atomic E-state index is 12.5. The molecule has 1 aliphatic rings. The SMILES string of the molecule is O=C(O)[C@@H]1CN(C(=O)c2cc(-c3ccccc3Cl)n[nH]2)CCO1. The maximum Gasteiger partial charge on any atom is 0.334 e. The van der Waals surface area contributed by atoms with Crippen LogP contribution in [-0.2, 0) is 9.53 Å². The van der Waals surface area contributed by atoms with Crippen molar-refractivity contribution >= 4 is 23.5 Å². The van der Waals surface area contributed by atoms with Crippen LogP contribution in [0.5, 0.6) is 0 Å². The van der Waals surface area contributed by atoms with Crippen LogP contribution in [0.3, 0.4) is 0 Å². The van der Waals surface area contributed by atoms with E-state index in [-0.39, 0.29) is 24.8 Å². The van der Waals surface area contributed by atoms with E-state index in [0.29, 0.717) is 17.3 Å². The Hall–Kier alpha value is -2.38. The monoisotopic (exact) mass is 335 g/mol. The Morgan fingerprint density at radius 3 is 2.91 bits per heavy atom. The molecular weight excluding hydrogens is 322 g/mol. The molecule has 23 heavy (non-hydrogen) atoms. The summed E-state index contributed by atoms with van der Waals surface area (Å²) < 4.78 is 5.11. The number of rotatable bonds is 3. The lowest BCUT2D eigenvalue weighted by Gasteiger charge is -2.30. The standard InChI is InChI=1S/C15H14ClN3O4/c16-10-4-2-1-3-9(10)11-7-12(18-17-11)14(20)19-5-6-23-13(8-19)15(21)22/h1-4,7,13H,5-6,8H2,(H,17,18)(H,21,22)/t13-/m0/s1. The number of ether oxygens (including phenoxy) is 1. The minimum atomic E-state index is -1.08. The van der Waals surface area contributed by atoms with Crippen LogP contribution in [0.4, 0.5) is 0 Å². The van der Waals surface area contributed by atoms with E-state index in [1.54, 1.807) is 12.1 Å². The molecule has 1 fully saturated rings. The zero-order valence-corrected chi connectivity index (χ0v) is 12.8. The number of carboxylic acid groups (broad SMARTS) is 1. The second-order valence-corrected chi connectivity index (χ2v) is 5.50. The number of aromatic nitrogens is 2. The summed E-state index contributed by atoms with van der Waals surface area (Å²) in [4.78, 5) is 24.9. The van der Waals surface area contributed by atoms with E-state index in [4.69, 9.17) is 21.4 Å². The van der Waals surface area contributed by atoms with Crippen molar-refractivity contribution < 1.29 is 19.4 Å². The number of hydrogen-bond acceptors (Lipinski definition) is 4. The molecule has 0 saturated carbocycles. The van der Waals surface area contributed by atoms with E-state index in [0.717, 1.165) is 5.56 Å². The van der Waals surface area contributed by atoms with Gasteiger partial charge in [0.15, 0.2) is 6.10 Å². The van der Waals surface area contributed by atoms with E-state index < -0.39 is 12.1 Å². The highest BCUT2D eigenvalue weighted by molar-refractivity contribution is 6.33. The largest absolute Gasteiger partial charge is 0.479 e. The van der Waals surface area contributed by atoms with E-state index in [9.17, 15) is 9.59 Å². The molecule has 0 aliphatic carbocycles. The summed E-state index contributed by atoms with van der Waals surface area (Å²) in [5, 5.41) is 16.3. The highest BCUT2D eigenvalue weighted by atomic mass is 35.5. The second-order valence-electron chi connectivity index (χ2n) is 5.10. The first-order valence-corrected chi connectivity index (χ1v) is 7.38. The van der Waals surface area contributed by atoms with Gasteiger partial charge in [0.25, 0.3) is 5.91 Å². The van der Waals surface area contributed by atoms with Gasteiger partial charge < -0.3 is 14.7 Å². The predicted octanol–water partition coefficient (Wildman–Crippen LogP) is 1.66. The lowest BCUT2D eigenvalue weighted by atomic mass is 10.1. The van der Waals surface area contributed by atoms with Gasteiger partial charge in [0.05, 0.1) is 23.9 Å². The van der Waals surface area contributed by atoms with Crippen LogP contribution in [0.1, 0.15) is 10.5 Å². The first kappa shape index (κ1) is 15.5. The van der Waals surface area contributed by atoms with Crippen LogP contribution in [0.15, 0.2) is 30.3 Å². The quantitative estimate of drug-likeness (QED) is 0.889. The number of carbonyl (C=O) groups is 2. The first-order chi connectivity index (χ1) is 11.1. The number of amides is 1. The van der Waals surface area contributed by atoms with E-state index in [2.05, 4.69) is 10.2 Å². The molecule has 1 aromatic carbocycles. The van der Waals surface area contributed by atoms with Gasteiger partial charge in [-0.25, -0.2) is 4.79 Å². The Morgan fingerprint density at radius 2 is 2.17 bits per heavy atom. The number of nitrogens with one attached hydrogen (secondary N) is 1. The number of hydrogen-bond donors (Lipinski definition) is 2. The van der Waals surface area contributed by atoms with Crippen molar-refractivity contribution in [2.24, 2.45) is 0 Å². The normalized spacial score (nSPS) is 18.0. The molecule has 3 rings (SSSR count). The molecule has 120 valence electrons. The second kappa shape index (κ2) is 6.39. The molecule has 1 atom stereocenters. The van der Waals surface area contributed by atoms with Gasteiger partial charge in [0, 0.05) is 12.1 Å². The molecule has 2 aromatic rings. The van der Waals surface area contributed by atoms with Crippen LogP contribution in [0, 0.1) is 0 Å². The Labute approximate surface area is 136 Å². The Balaban J connectivity index is 1.79. The minimum absolute atomic E-state index is 0.00854. The van der Waals surface area contributed by atoms with Crippen LogP contribution in [0.25, 0.3) is 11.3 Å². The van der Waals surface area contributed by atoms with Crippen molar-refractivity contribution in [3.63, 3.8) is 0 Å². The molecule has 1 aromatic heterocycles. The molecule has 1 amide bonds. The topological polar surface area (TPSA) is 95.5 Å². The summed E-state index contributed by atoms with van der Waals surface area (Å²) in [5.41, 5.74) is 1.56. The number of morpholine rings is 1. The van der Waals surface area contributed by atoms with Crippen molar-refractivity contribution in [2.45, 2.75) is 6.10 Å². The third kappa shape index (κ3) is 3.20. The van der Waals surface area contributed by atoms with Crippen molar-refractivity contribution in [2.75, 3.05) is 19.7 Å². The molecule has 1 saturated heterocycles.